The van der Waals surface area contributed by atoms with E-state index in [4.69, 9.17) is 10.1 Å². The van der Waals surface area contributed by atoms with Crippen molar-refractivity contribution < 1.29 is 9.90 Å². The lowest BCUT2D eigenvalue weighted by molar-refractivity contribution is -0.131. The molecule has 0 aliphatic carbocycles. The van der Waals surface area contributed by atoms with Gasteiger partial charge in [-0.2, -0.15) is 0 Å². The summed E-state index contributed by atoms with van der Waals surface area (Å²) in [4.78, 5) is 18.0. The number of carboxylic acids is 1. The predicted octanol–water partition coefficient (Wildman–Crippen LogP) is 3.06. The highest BCUT2D eigenvalue weighted by Crippen LogP contribution is 2.36. The largest absolute Gasteiger partial charge is 0.478 e. The Kier molecular flexibility index (Phi) is 4.47. The first-order valence-corrected chi connectivity index (χ1v) is 9.09. The third-order valence-electron chi connectivity index (χ3n) is 5.34. The van der Waals surface area contributed by atoms with E-state index in [9.17, 15) is 4.79 Å². The Bertz CT molecular complexity index is 898. The normalized spacial score (nSPS) is 17.9. The number of benzene rings is 1. The van der Waals surface area contributed by atoms with Gasteiger partial charge in [-0.15, -0.1) is 0 Å². The molecule has 134 valence electrons. The van der Waals surface area contributed by atoms with Crippen LogP contribution in [-0.4, -0.2) is 45.7 Å². The number of carbonyl (C=O) groups is 1. The molecule has 1 aromatic carbocycles. The quantitative estimate of drug-likeness (QED) is 0.847. The number of likely N-dealkylation sites (tertiary alicyclic amines) is 1. The topological polar surface area (TPSA) is 58.4 Å². The van der Waals surface area contributed by atoms with Crippen molar-refractivity contribution >= 4 is 17.6 Å². The zero-order chi connectivity index (χ0) is 18.1. The molecule has 0 unspecified atom stereocenters. The highest BCUT2D eigenvalue weighted by molar-refractivity contribution is 5.86. The minimum Gasteiger partial charge on any atom is -0.478 e. The molecule has 0 bridgehead atoms. The van der Waals surface area contributed by atoms with Crippen LogP contribution in [0.4, 0.5) is 0 Å². The fourth-order valence-corrected chi connectivity index (χ4v) is 3.94. The van der Waals surface area contributed by atoms with Gasteiger partial charge in [-0.05, 0) is 43.5 Å². The summed E-state index contributed by atoms with van der Waals surface area (Å²) >= 11 is 0. The monoisotopic (exact) mass is 349 g/mol. The van der Waals surface area contributed by atoms with Gasteiger partial charge in [0.25, 0.3) is 0 Å². The van der Waals surface area contributed by atoms with Crippen LogP contribution in [0.15, 0.2) is 42.1 Å². The highest BCUT2D eigenvalue weighted by Gasteiger charge is 2.25. The first kappa shape index (κ1) is 16.8. The molecular formula is C21H23N3O2. The van der Waals surface area contributed by atoms with Crippen LogP contribution in [0, 0.1) is 0 Å². The Labute approximate surface area is 153 Å². The van der Waals surface area contributed by atoms with E-state index in [0.29, 0.717) is 0 Å². The van der Waals surface area contributed by atoms with E-state index >= 15 is 0 Å². The van der Waals surface area contributed by atoms with E-state index in [2.05, 4.69) is 40.8 Å². The van der Waals surface area contributed by atoms with E-state index in [1.165, 1.54) is 28.3 Å². The highest BCUT2D eigenvalue weighted by atomic mass is 16.4. The Morgan fingerprint density at radius 2 is 1.92 bits per heavy atom. The van der Waals surface area contributed by atoms with E-state index in [-0.39, 0.29) is 0 Å². The molecule has 1 N–H and O–H groups in total. The zero-order valence-corrected chi connectivity index (χ0v) is 15.0. The molecule has 4 rings (SSSR count). The molecule has 2 aliphatic heterocycles. The molecule has 2 aromatic rings. The minimum atomic E-state index is -0.939. The van der Waals surface area contributed by atoms with Crippen molar-refractivity contribution in [1.82, 2.24) is 14.5 Å². The summed E-state index contributed by atoms with van der Waals surface area (Å²) in [6, 6.07) is 8.59. The smallest absolute Gasteiger partial charge is 0.328 e. The van der Waals surface area contributed by atoms with Crippen molar-refractivity contribution in [3.05, 3.63) is 64.8 Å². The van der Waals surface area contributed by atoms with Crippen LogP contribution in [0.3, 0.4) is 0 Å². The number of aryl methyl sites for hydroxylation is 1. The molecule has 3 heterocycles. The molecular weight excluding hydrogens is 326 g/mol. The van der Waals surface area contributed by atoms with Gasteiger partial charge in [0.1, 0.15) is 5.82 Å². The van der Waals surface area contributed by atoms with Crippen molar-refractivity contribution in [3.63, 3.8) is 0 Å². The van der Waals surface area contributed by atoms with Crippen LogP contribution < -0.4 is 0 Å². The first-order valence-electron chi connectivity index (χ1n) is 9.09. The van der Waals surface area contributed by atoms with Gasteiger partial charge in [-0.25, -0.2) is 9.78 Å². The van der Waals surface area contributed by atoms with Gasteiger partial charge in [0.15, 0.2) is 0 Å². The summed E-state index contributed by atoms with van der Waals surface area (Å²) in [6.07, 6.45) is 7.64. The second-order valence-electron chi connectivity index (χ2n) is 7.02. The van der Waals surface area contributed by atoms with Gasteiger partial charge in [0.2, 0.25) is 0 Å². The standard InChI is InChI=1S/C21H23N3O2/c1-23-11-8-16(9-12-23)20-18-5-3-2-4-15(18)10-13-24-17(6-7-19(25)26)14-22-21(20)24/h2-7,14H,8-13H2,1H3,(H,25,26). The number of hydrogen-bond acceptors (Lipinski definition) is 3. The van der Waals surface area contributed by atoms with Crippen molar-refractivity contribution in [3.8, 4) is 0 Å². The Hall–Kier alpha value is -2.66. The van der Waals surface area contributed by atoms with Gasteiger partial charge in [0, 0.05) is 31.3 Å². The molecule has 26 heavy (non-hydrogen) atoms. The van der Waals surface area contributed by atoms with Crippen molar-refractivity contribution in [2.24, 2.45) is 0 Å². The molecule has 1 fully saturated rings. The van der Waals surface area contributed by atoms with E-state index in [1.807, 2.05) is 0 Å². The number of carboxylic acid groups (broad SMARTS) is 1. The number of piperidine rings is 1. The number of hydrogen-bond donors (Lipinski definition) is 1. The van der Waals surface area contributed by atoms with Gasteiger partial charge in [-0.1, -0.05) is 29.8 Å². The lowest BCUT2D eigenvalue weighted by Gasteiger charge is -2.26. The molecule has 5 heteroatoms. The maximum absolute atomic E-state index is 10.9. The Morgan fingerprint density at radius 1 is 1.15 bits per heavy atom. The minimum absolute atomic E-state index is 0.808. The molecule has 5 nitrogen and oxygen atoms in total. The number of imidazole rings is 1. The molecule has 0 atom stereocenters. The molecule has 1 saturated heterocycles. The Balaban J connectivity index is 1.87. The predicted molar refractivity (Wildman–Crippen MR) is 102 cm³/mol. The summed E-state index contributed by atoms with van der Waals surface area (Å²) < 4.78 is 2.17. The van der Waals surface area contributed by atoms with Gasteiger partial charge < -0.3 is 14.6 Å². The Morgan fingerprint density at radius 3 is 2.69 bits per heavy atom. The fraction of sp³-hybridized carbons (Fsp3) is 0.333. The summed E-state index contributed by atoms with van der Waals surface area (Å²) in [5.41, 5.74) is 6.18. The SMILES string of the molecule is CN1CCC(=C2c3ccccc3CCn3c(C=CC(=O)O)cnc32)CC1. The van der Waals surface area contributed by atoms with Crippen LogP contribution >= 0.6 is 0 Å². The number of fused-ring (bicyclic) bond motifs is 2. The lowest BCUT2D eigenvalue weighted by atomic mass is 9.90. The van der Waals surface area contributed by atoms with E-state index in [1.54, 1.807) is 12.3 Å². The zero-order valence-electron chi connectivity index (χ0n) is 15.0. The average Bonchev–Trinajstić information content (AvgIpc) is 2.95. The molecule has 0 saturated carbocycles. The third kappa shape index (κ3) is 3.10. The maximum Gasteiger partial charge on any atom is 0.328 e. The summed E-state index contributed by atoms with van der Waals surface area (Å²) in [6.45, 7) is 2.93. The number of aromatic nitrogens is 2. The number of nitrogens with zero attached hydrogens (tertiary/aromatic N) is 3. The maximum atomic E-state index is 10.9. The van der Waals surface area contributed by atoms with Gasteiger partial charge in [-0.3, -0.25) is 0 Å². The van der Waals surface area contributed by atoms with E-state index in [0.717, 1.165) is 50.4 Å². The van der Waals surface area contributed by atoms with Crippen LogP contribution in [-0.2, 0) is 17.8 Å². The van der Waals surface area contributed by atoms with Crippen molar-refractivity contribution in [2.75, 3.05) is 20.1 Å². The van der Waals surface area contributed by atoms with Crippen LogP contribution in [0.1, 0.15) is 35.5 Å². The van der Waals surface area contributed by atoms with Crippen molar-refractivity contribution in [1.29, 1.82) is 0 Å². The third-order valence-corrected chi connectivity index (χ3v) is 5.34. The summed E-state index contributed by atoms with van der Waals surface area (Å²) in [5, 5.41) is 8.96. The lowest BCUT2D eigenvalue weighted by Crippen LogP contribution is -2.27. The van der Waals surface area contributed by atoms with Crippen LogP contribution in [0.2, 0.25) is 0 Å². The number of aliphatic carboxylic acids is 1. The van der Waals surface area contributed by atoms with Crippen LogP contribution in [0.5, 0.6) is 0 Å². The molecule has 1 aromatic heterocycles. The van der Waals surface area contributed by atoms with Gasteiger partial charge >= 0.3 is 5.97 Å². The van der Waals surface area contributed by atoms with E-state index < -0.39 is 5.97 Å². The first-order chi connectivity index (χ1) is 12.6. The molecule has 0 radical (unpaired) electrons. The molecule has 0 spiro atoms. The second-order valence-corrected chi connectivity index (χ2v) is 7.02. The second kappa shape index (κ2) is 6.92. The molecule has 2 aliphatic rings. The summed E-state index contributed by atoms with van der Waals surface area (Å²) in [5.74, 6) is 0.0332. The average molecular weight is 349 g/mol. The van der Waals surface area contributed by atoms with Crippen molar-refractivity contribution in [2.45, 2.75) is 25.8 Å². The molecule has 0 amide bonds. The van der Waals surface area contributed by atoms with Gasteiger partial charge in [0.05, 0.1) is 11.9 Å². The fourth-order valence-electron chi connectivity index (χ4n) is 3.94. The number of rotatable bonds is 2. The van der Waals surface area contributed by atoms with Crippen LogP contribution in [0.25, 0.3) is 11.6 Å². The summed E-state index contributed by atoms with van der Waals surface area (Å²) in [7, 11) is 2.16.